The van der Waals surface area contributed by atoms with Crippen molar-refractivity contribution in [1.82, 2.24) is 4.90 Å². The van der Waals surface area contributed by atoms with Crippen LogP contribution < -0.4 is 0 Å². The van der Waals surface area contributed by atoms with Crippen molar-refractivity contribution >= 4 is 5.91 Å². The number of likely N-dealkylation sites (tertiary alicyclic amines) is 1. The van der Waals surface area contributed by atoms with Gasteiger partial charge in [0, 0.05) is 19.0 Å². The molecule has 70 valence electrons. The molecule has 0 saturated carbocycles. The molecule has 2 nitrogen and oxygen atoms in total. The molecule has 1 heterocycles. The summed E-state index contributed by atoms with van der Waals surface area (Å²) in [6.07, 6.45) is 2.38. The van der Waals surface area contributed by atoms with Gasteiger partial charge in [-0.3, -0.25) is 4.79 Å². The summed E-state index contributed by atoms with van der Waals surface area (Å²) < 4.78 is 0. The Hall–Kier alpha value is -0.530. The summed E-state index contributed by atoms with van der Waals surface area (Å²) >= 11 is 0. The van der Waals surface area contributed by atoms with Gasteiger partial charge < -0.3 is 4.90 Å². The van der Waals surface area contributed by atoms with Crippen LogP contribution in [0.15, 0.2) is 0 Å². The van der Waals surface area contributed by atoms with Gasteiger partial charge in [0.25, 0.3) is 0 Å². The van der Waals surface area contributed by atoms with Crippen molar-refractivity contribution in [2.45, 2.75) is 46.1 Å². The summed E-state index contributed by atoms with van der Waals surface area (Å²) in [5, 5.41) is 0. The van der Waals surface area contributed by atoms with E-state index in [9.17, 15) is 4.79 Å². The molecule has 1 unspecified atom stereocenters. The molecule has 0 aliphatic carbocycles. The monoisotopic (exact) mass is 169 g/mol. The maximum absolute atomic E-state index is 11.3. The molecule has 12 heavy (non-hydrogen) atoms. The molecule has 2 heteroatoms. The predicted molar refractivity (Wildman–Crippen MR) is 49.9 cm³/mol. The highest BCUT2D eigenvalue weighted by atomic mass is 16.2. The summed E-state index contributed by atoms with van der Waals surface area (Å²) in [5.74, 6) is 0.883. The zero-order chi connectivity index (χ0) is 9.35. The predicted octanol–water partition coefficient (Wildman–Crippen LogP) is 2.04. The van der Waals surface area contributed by atoms with Crippen LogP contribution in [0.25, 0.3) is 0 Å². The normalized spacial score (nSPS) is 28.7. The summed E-state index contributed by atoms with van der Waals surface area (Å²) in [6.45, 7) is 9.12. The third-order valence-electron chi connectivity index (χ3n) is 2.85. The van der Waals surface area contributed by atoms with Crippen molar-refractivity contribution in [1.29, 1.82) is 0 Å². The molecule has 1 atom stereocenters. The third-order valence-corrected chi connectivity index (χ3v) is 2.85. The van der Waals surface area contributed by atoms with Crippen LogP contribution in [0.4, 0.5) is 0 Å². The smallest absolute Gasteiger partial charge is 0.219 e. The Morgan fingerprint density at radius 1 is 1.50 bits per heavy atom. The van der Waals surface area contributed by atoms with Crippen molar-refractivity contribution in [3.05, 3.63) is 0 Å². The molecule has 1 fully saturated rings. The van der Waals surface area contributed by atoms with Crippen molar-refractivity contribution in [2.24, 2.45) is 5.92 Å². The average Bonchev–Trinajstić information content (AvgIpc) is 1.94. The van der Waals surface area contributed by atoms with Gasteiger partial charge in [-0.15, -0.1) is 0 Å². The minimum Gasteiger partial charge on any atom is -0.338 e. The fourth-order valence-electron chi connectivity index (χ4n) is 1.94. The maximum atomic E-state index is 11.3. The van der Waals surface area contributed by atoms with Gasteiger partial charge in [0.05, 0.1) is 0 Å². The molecule has 0 bridgehead atoms. The van der Waals surface area contributed by atoms with Crippen LogP contribution in [0.5, 0.6) is 0 Å². The Morgan fingerprint density at radius 2 is 2.08 bits per heavy atom. The van der Waals surface area contributed by atoms with Gasteiger partial charge in [0.15, 0.2) is 0 Å². The van der Waals surface area contributed by atoms with E-state index in [1.807, 2.05) is 4.90 Å². The second kappa shape index (κ2) is 3.08. The van der Waals surface area contributed by atoms with Crippen molar-refractivity contribution < 1.29 is 4.79 Å². The summed E-state index contributed by atoms with van der Waals surface area (Å²) in [4.78, 5) is 13.3. The zero-order valence-corrected chi connectivity index (χ0v) is 8.55. The lowest BCUT2D eigenvalue weighted by atomic mass is 9.85. The van der Waals surface area contributed by atoms with E-state index in [0.29, 0.717) is 5.92 Å². The van der Waals surface area contributed by atoms with Crippen LogP contribution >= 0.6 is 0 Å². The molecule has 1 aliphatic heterocycles. The van der Waals surface area contributed by atoms with Crippen LogP contribution in [0.1, 0.15) is 40.5 Å². The van der Waals surface area contributed by atoms with Crippen LogP contribution in [-0.4, -0.2) is 22.9 Å². The molecular formula is C10H19NO. The second-order valence-electron chi connectivity index (χ2n) is 4.59. The Balaban J connectivity index is 2.72. The molecule has 1 saturated heterocycles. The van der Waals surface area contributed by atoms with Gasteiger partial charge in [-0.2, -0.15) is 0 Å². The minimum atomic E-state index is 0.0817. The Kier molecular flexibility index (Phi) is 2.45. The Labute approximate surface area is 74.9 Å². The van der Waals surface area contributed by atoms with E-state index in [4.69, 9.17) is 0 Å². The first-order chi connectivity index (χ1) is 5.43. The molecule has 0 radical (unpaired) electrons. The SMILES string of the molecule is CC(=O)N1CC(C)CCC1(C)C. The van der Waals surface area contributed by atoms with Crippen molar-refractivity contribution in [3.63, 3.8) is 0 Å². The number of nitrogens with zero attached hydrogens (tertiary/aromatic N) is 1. The molecule has 0 spiro atoms. The van der Waals surface area contributed by atoms with E-state index >= 15 is 0 Å². The highest BCUT2D eigenvalue weighted by molar-refractivity contribution is 5.74. The number of carbonyl (C=O) groups excluding carboxylic acids is 1. The molecule has 0 N–H and O–H groups in total. The summed E-state index contributed by atoms with van der Waals surface area (Å²) in [7, 11) is 0. The highest BCUT2D eigenvalue weighted by Gasteiger charge is 2.33. The van der Waals surface area contributed by atoms with Gasteiger partial charge >= 0.3 is 0 Å². The largest absolute Gasteiger partial charge is 0.338 e. The van der Waals surface area contributed by atoms with Crippen LogP contribution in [0, 0.1) is 5.92 Å². The quantitative estimate of drug-likeness (QED) is 0.543. The van der Waals surface area contributed by atoms with E-state index in [1.165, 1.54) is 6.42 Å². The fourth-order valence-corrected chi connectivity index (χ4v) is 1.94. The molecule has 1 rings (SSSR count). The fraction of sp³-hybridized carbons (Fsp3) is 0.900. The lowest BCUT2D eigenvalue weighted by molar-refractivity contribution is -0.137. The van der Waals surface area contributed by atoms with E-state index in [0.717, 1.165) is 13.0 Å². The van der Waals surface area contributed by atoms with Crippen molar-refractivity contribution in [2.75, 3.05) is 6.54 Å². The summed E-state index contributed by atoms with van der Waals surface area (Å²) in [5.41, 5.74) is 0.0817. The number of hydrogen-bond donors (Lipinski definition) is 0. The van der Waals surface area contributed by atoms with E-state index in [1.54, 1.807) is 6.92 Å². The topological polar surface area (TPSA) is 20.3 Å². The van der Waals surface area contributed by atoms with E-state index < -0.39 is 0 Å². The van der Waals surface area contributed by atoms with Gasteiger partial charge in [0.1, 0.15) is 0 Å². The lowest BCUT2D eigenvalue weighted by Crippen LogP contribution is -2.52. The van der Waals surface area contributed by atoms with Gasteiger partial charge in [-0.05, 0) is 32.6 Å². The number of rotatable bonds is 0. The summed E-state index contributed by atoms with van der Waals surface area (Å²) in [6, 6.07) is 0. The lowest BCUT2D eigenvalue weighted by Gasteiger charge is -2.44. The van der Waals surface area contributed by atoms with Crippen LogP contribution in [0.3, 0.4) is 0 Å². The number of hydrogen-bond acceptors (Lipinski definition) is 1. The third kappa shape index (κ3) is 1.79. The van der Waals surface area contributed by atoms with E-state index in [-0.39, 0.29) is 11.4 Å². The molecule has 0 aromatic rings. The number of carbonyl (C=O) groups is 1. The zero-order valence-electron chi connectivity index (χ0n) is 8.55. The first kappa shape index (κ1) is 9.56. The maximum Gasteiger partial charge on any atom is 0.219 e. The number of amides is 1. The first-order valence-electron chi connectivity index (χ1n) is 4.71. The Bertz CT molecular complexity index is 186. The minimum absolute atomic E-state index is 0.0817. The molecule has 0 aromatic carbocycles. The average molecular weight is 169 g/mol. The molecule has 1 amide bonds. The Morgan fingerprint density at radius 3 is 2.50 bits per heavy atom. The highest BCUT2D eigenvalue weighted by Crippen LogP contribution is 2.29. The number of piperidine rings is 1. The molecular weight excluding hydrogens is 150 g/mol. The van der Waals surface area contributed by atoms with Gasteiger partial charge in [0.2, 0.25) is 5.91 Å². The second-order valence-corrected chi connectivity index (χ2v) is 4.59. The standard InChI is InChI=1S/C10H19NO/c1-8-5-6-10(3,4)11(7-8)9(2)12/h8H,5-7H2,1-4H3. The van der Waals surface area contributed by atoms with E-state index in [2.05, 4.69) is 20.8 Å². The van der Waals surface area contributed by atoms with Gasteiger partial charge in [-0.1, -0.05) is 6.92 Å². The van der Waals surface area contributed by atoms with Gasteiger partial charge in [-0.25, -0.2) is 0 Å². The van der Waals surface area contributed by atoms with Crippen molar-refractivity contribution in [3.8, 4) is 0 Å². The molecule has 1 aliphatic rings. The molecule has 0 aromatic heterocycles. The van der Waals surface area contributed by atoms with Crippen LogP contribution in [0.2, 0.25) is 0 Å². The van der Waals surface area contributed by atoms with Crippen LogP contribution in [-0.2, 0) is 4.79 Å². The first-order valence-corrected chi connectivity index (χ1v) is 4.71.